The van der Waals surface area contributed by atoms with Gasteiger partial charge in [-0.25, -0.2) is 4.98 Å². The van der Waals surface area contributed by atoms with Crippen molar-refractivity contribution in [3.8, 4) is 0 Å². The van der Waals surface area contributed by atoms with Crippen molar-refractivity contribution in [1.29, 1.82) is 0 Å². The summed E-state index contributed by atoms with van der Waals surface area (Å²) in [7, 11) is 0. The van der Waals surface area contributed by atoms with Crippen molar-refractivity contribution < 1.29 is 18.0 Å². The van der Waals surface area contributed by atoms with Crippen molar-refractivity contribution in [1.82, 2.24) is 14.4 Å². The Bertz CT molecular complexity index is 1260. The van der Waals surface area contributed by atoms with E-state index in [0.717, 1.165) is 11.8 Å². The van der Waals surface area contributed by atoms with Crippen LogP contribution in [0.25, 0.3) is 5.65 Å². The molecule has 0 aliphatic heterocycles. The van der Waals surface area contributed by atoms with Gasteiger partial charge >= 0.3 is 6.18 Å². The molecule has 1 N–H and O–H groups in total. The number of amides is 1. The van der Waals surface area contributed by atoms with Crippen LogP contribution in [0.2, 0.25) is 10.0 Å². The largest absolute Gasteiger partial charge is 0.436 e. The fraction of sp³-hybridized carbons (Fsp3) is 0.0500. The van der Waals surface area contributed by atoms with E-state index in [1.54, 1.807) is 18.2 Å². The molecule has 0 radical (unpaired) electrons. The molecule has 3 aromatic heterocycles. The number of carbonyl (C=O) groups is 1. The fourth-order valence-corrected chi connectivity index (χ4v) is 4.40. The number of pyridine rings is 2. The van der Waals surface area contributed by atoms with Gasteiger partial charge < -0.3 is 5.32 Å². The molecular formula is C20H11Cl2F3N4OS. The third-order valence-corrected chi connectivity index (χ3v) is 5.90. The van der Waals surface area contributed by atoms with Crippen molar-refractivity contribution in [3.05, 3.63) is 82.4 Å². The smallest absolute Gasteiger partial charge is 0.319 e. The molecule has 0 aliphatic carbocycles. The van der Waals surface area contributed by atoms with E-state index >= 15 is 0 Å². The van der Waals surface area contributed by atoms with Crippen LogP contribution in [0, 0.1) is 0 Å². The normalized spacial score (nSPS) is 11.6. The number of imidazole rings is 1. The first-order chi connectivity index (χ1) is 14.8. The lowest BCUT2D eigenvalue weighted by Gasteiger charge is -2.10. The standard InChI is InChI=1S/C20H11Cl2F3N4OS/c21-12-3-1-4-13(22)15(12)18(30)27-14-5-2-10-29-17(14)28-16(20(23,24)25)19(29)31-11-6-8-26-9-7-11/h1-10H,(H,27,30). The Morgan fingerprint density at radius 1 is 1.03 bits per heavy atom. The van der Waals surface area contributed by atoms with E-state index in [-0.39, 0.29) is 32.0 Å². The number of carbonyl (C=O) groups excluding carboxylic acids is 1. The zero-order chi connectivity index (χ0) is 22.2. The van der Waals surface area contributed by atoms with Crippen molar-refractivity contribution in [3.63, 3.8) is 0 Å². The minimum absolute atomic E-state index is 0.0156. The van der Waals surface area contributed by atoms with Gasteiger partial charge in [-0.15, -0.1) is 0 Å². The van der Waals surface area contributed by atoms with Crippen LogP contribution in [0.1, 0.15) is 16.1 Å². The Balaban J connectivity index is 1.80. The number of rotatable bonds is 4. The molecule has 4 aromatic rings. The molecule has 0 spiro atoms. The average Bonchev–Trinajstić information content (AvgIpc) is 3.09. The van der Waals surface area contributed by atoms with Crippen LogP contribution in [0.5, 0.6) is 0 Å². The highest BCUT2D eigenvalue weighted by atomic mass is 35.5. The quantitative estimate of drug-likeness (QED) is 0.362. The first-order valence-electron chi connectivity index (χ1n) is 8.67. The molecule has 0 aliphatic rings. The van der Waals surface area contributed by atoms with E-state index < -0.39 is 17.8 Å². The minimum Gasteiger partial charge on any atom is -0.319 e. The second kappa shape index (κ2) is 8.41. The maximum Gasteiger partial charge on any atom is 0.436 e. The van der Waals surface area contributed by atoms with Gasteiger partial charge in [-0.1, -0.05) is 41.0 Å². The monoisotopic (exact) mass is 482 g/mol. The molecule has 0 saturated heterocycles. The molecule has 4 rings (SSSR count). The van der Waals surface area contributed by atoms with Crippen LogP contribution in [0.3, 0.4) is 0 Å². The Kier molecular flexibility index (Phi) is 5.83. The van der Waals surface area contributed by atoms with Crippen LogP contribution in [0.4, 0.5) is 18.9 Å². The first kappa shape index (κ1) is 21.5. The third-order valence-electron chi connectivity index (χ3n) is 4.18. The molecule has 5 nitrogen and oxygen atoms in total. The van der Waals surface area contributed by atoms with Gasteiger partial charge in [0.15, 0.2) is 11.3 Å². The Labute approximate surface area is 188 Å². The number of fused-ring (bicyclic) bond motifs is 1. The summed E-state index contributed by atoms with van der Waals surface area (Å²) >= 11 is 13.0. The van der Waals surface area contributed by atoms with Gasteiger partial charge in [-0.2, -0.15) is 13.2 Å². The summed E-state index contributed by atoms with van der Waals surface area (Å²) < 4.78 is 42.5. The summed E-state index contributed by atoms with van der Waals surface area (Å²) in [6.45, 7) is 0. The second-order valence-corrected chi connectivity index (χ2v) is 8.09. The van der Waals surface area contributed by atoms with Crippen molar-refractivity contribution in [2.24, 2.45) is 0 Å². The van der Waals surface area contributed by atoms with Gasteiger partial charge in [0.2, 0.25) is 0 Å². The summed E-state index contributed by atoms with van der Waals surface area (Å²) in [6, 6.07) is 10.7. The van der Waals surface area contributed by atoms with Crippen LogP contribution in [0.15, 0.2) is 71.0 Å². The number of anilines is 1. The predicted molar refractivity (Wildman–Crippen MR) is 113 cm³/mol. The first-order valence-corrected chi connectivity index (χ1v) is 10.2. The lowest BCUT2D eigenvalue weighted by molar-refractivity contribution is -0.143. The molecule has 0 bridgehead atoms. The number of benzene rings is 1. The topological polar surface area (TPSA) is 59.3 Å². The van der Waals surface area contributed by atoms with E-state index in [9.17, 15) is 18.0 Å². The lowest BCUT2D eigenvalue weighted by atomic mass is 10.2. The number of nitrogens with one attached hydrogen (secondary N) is 1. The van der Waals surface area contributed by atoms with E-state index in [2.05, 4.69) is 15.3 Å². The molecule has 0 fully saturated rings. The third kappa shape index (κ3) is 4.34. The van der Waals surface area contributed by atoms with E-state index in [1.165, 1.54) is 47.3 Å². The maximum atomic E-state index is 13.7. The van der Waals surface area contributed by atoms with Gasteiger partial charge in [0.1, 0.15) is 5.03 Å². The Morgan fingerprint density at radius 3 is 2.35 bits per heavy atom. The zero-order valence-electron chi connectivity index (χ0n) is 15.3. The summed E-state index contributed by atoms with van der Waals surface area (Å²) in [6.07, 6.45) is -0.288. The second-order valence-electron chi connectivity index (χ2n) is 6.21. The number of aromatic nitrogens is 3. The summed E-state index contributed by atoms with van der Waals surface area (Å²) in [5.74, 6) is -0.663. The molecule has 3 heterocycles. The number of halogens is 5. The summed E-state index contributed by atoms with van der Waals surface area (Å²) in [5.41, 5.74) is -1.04. The van der Waals surface area contributed by atoms with E-state index in [4.69, 9.17) is 23.2 Å². The van der Waals surface area contributed by atoms with Gasteiger partial charge in [0, 0.05) is 23.5 Å². The van der Waals surface area contributed by atoms with E-state index in [0.29, 0.717) is 4.90 Å². The van der Waals surface area contributed by atoms with E-state index in [1.807, 2.05) is 0 Å². The molecule has 0 saturated carbocycles. The van der Waals surface area contributed by atoms with Gasteiger partial charge in [-0.3, -0.25) is 14.2 Å². The molecule has 0 atom stereocenters. The van der Waals surface area contributed by atoms with Crippen LogP contribution < -0.4 is 5.32 Å². The summed E-state index contributed by atoms with van der Waals surface area (Å²) in [5, 5.41) is 2.65. The van der Waals surface area contributed by atoms with Crippen LogP contribution in [-0.2, 0) is 6.18 Å². The zero-order valence-corrected chi connectivity index (χ0v) is 17.6. The number of nitrogens with zero attached hydrogens (tertiary/aromatic N) is 3. The molecule has 1 aromatic carbocycles. The Morgan fingerprint density at radius 2 is 1.71 bits per heavy atom. The SMILES string of the molecule is O=C(Nc1cccn2c(Sc3ccncc3)c(C(F)(F)F)nc12)c1c(Cl)cccc1Cl. The average molecular weight is 483 g/mol. The van der Waals surface area contributed by atoms with Crippen molar-refractivity contribution in [2.75, 3.05) is 5.32 Å². The molecular weight excluding hydrogens is 472 g/mol. The minimum atomic E-state index is -4.70. The molecule has 11 heteroatoms. The van der Waals surface area contributed by atoms with Gasteiger partial charge in [0.25, 0.3) is 5.91 Å². The number of hydrogen-bond donors (Lipinski definition) is 1. The number of alkyl halides is 3. The molecule has 158 valence electrons. The highest BCUT2D eigenvalue weighted by Crippen LogP contribution is 2.40. The van der Waals surface area contributed by atoms with Crippen molar-refractivity contribution in [2.45, 2.75) is 16.1 Å². The number of hydrogen-bond acceptors (Lipinski definition) is 4. The van der Waals surface area contributed by atoms with Gasteiger partial charge in [-0.05, 0) is 36.4 Å². The lowest BCUT2D eigenvalue weighted by Crippen LogP contribution is -2.14. The molecule has 1 amide bonds. The highest BCUT2D eigenvalue weighted by Gasteiger charge is 2.38. The highest BCUT2D eigenvalue weighted by molar-refractivity contribution is 7.99. The van der Waals surface area contributed by atoms with Crippen molar-refractivity contribution >= 4 is 52.2 Å². The fourth-order valence-electron chi connectivity index (χ4n) is 2.84. The van der Waals surface area contributed by atoms with Crippen LogP contribution in [-0.4, -0.2) is 20.3 Å². The molecule has 31 heavy (non-hydrogen) atoms. The maximum absolute atomic E-state index is 13.7. The van der Waals surface area contributed by atoms with Gasteiger partial charge in [0.05, 0.1) is 21.3 Å². The summed E-state index contributed by atoms with van der Waals surface area (Å²) in [4.78, 5) is 20.9. The Hall–Kier alpha value is -2.75. The van der Waals surface area contributed by atoms with Crippen LogP contribution >= 0.6 is 35.0 Å². The molecule has 0 unspecified atom stereocenters. The predicted octanol–water partition coefficient (Wildman–Crippen LogP) is 6.46.